The zero-order chi connectivity index (χ0) is 15.2. The molecular weight excluding hydrogens is 294 g/mol. The van der Waals surface area contributed by atoms with Gasteiger partial charge in [-0.25, -0.2) is 9.78 Å². The number of halogens is 1. The van der Waals surface area contributed by atoms with Crippen LogP contribution < -0.4 is 20.1 Å². The molecule has 0 saturated carbocycles. The molecule has 1 aromatic carbocycles. The third-order valence-electron chi connectivity index (χ3n) is 2.66. The summed E-state index contributed by atoms with van der Waals surface area (Å²) >= 11 is 5.88. The lowest BCUT2D eigenvalue weighted by atomic mass is 10.2. The highest BCUT2D eigenvalue weighted by Crippen LogP contribution is 2.29. The third kappa shape index (κ3) is 3.76. The average Bonchev–Trinajstić information content (AvgIpc) is 2.49. The number of pyridine rings is 1. The number of amides is 2. The van der Waals surface area contributed by atoms with E-state index in [1.807, 2.05) is 0 Å². The van der Waals surface area contributed by atoms with Crippen LogP contribution in [0.25, 0.3) is 0 Å². The lowest BCUT2D eigenvalue weighted by molar-refractivity contribution is 0.262. The van der Waals surface area contributed by atoms with Gasteiger partial charge in [-0.1, -0.05) is 11.6 Å². The molecule has 0 saturated heterocycles. The Hall–Kier alpha value is -2.47. The maximum absolute atomic E-state index is 12.0. The van der Waals surface area contributed by atoms with E-state index in [2.05, 4.69) is 15.6 Å². The molecule has 1 heterocycles. The Labute approximate surface area is 127 Å². The summed E-state index contributed by atoms with van der Waals surface area (Å²) in [5.41, 5.74) is 0.896. The first kappa shape index (κ1) is 14.9. The minimum Gasteiger partial charge on any atom is -0.497 e. The van der Waals surface area contributed by atoms with Crippen LogP contribution in [0.5, 0.6) is 11.5 Å². The number of rotatable bonds is 4. The zero-order valence-corrected chi connectivity index (χ0v) is 12.3. The van der Waals surface area contributed by atoms with E-state index in [9.17, 15) is 4.79 Å². The van der Waals surface area contributed by atoms with E-state index >= 15 is 0 Å². The molecule has 110 valence electrons. The minimum absolute atomic E-state index is 0.213. The van der Waals surface area contributed by atoms with Gasteiger partial charge in [-0.2, -0.15) is 0 Å². The zero-order valence-electron chi connectivity index (χ0n) is 11.5. The quantitative estimate of drug-likeness (QED) is 0.849. The number of hydrogen-bond acceptors (Lipinski definition) is 4. The van der Waals surface area contributed by atoms with E-state index in [1.54, 1.807) is 37.4 Å². The number of nitrogens with one attached hydrogen (secondary N) is 2. The topological polar surface area (TPSA) is 72.5 Å². The summed E-state index contributed by atoms with van der Waals surface area (Å²) in [6.07, 6.45) is 1.54. The van der Waals surface area contributed by atoms with Crippen molar-refractivity contribution in [3.8, 4) is 11.5 Å². The average molecular weight is 308 g/mol. The molecule has 1 aromatic heterocycles. The van der Waals surface area contributed by atoms with Crippen LogP contribution in [0.4, 0.5) is 16.2 Å². The van der Waals surface area contributed by atoms with E-state index in [4.69, 9.17) is 21.1 Å². The number of anilines is 2. The van der Waals surface area contributed by atoms with Crippen molar-refractivity contribution in [2.24, 2.45) is 0 Å². The van der Waals surface area contributed by atoms with Gasteiger partial charge in [0.25, 0.3) is 0 Å². The SMILES string of the molecule is COc1ccc(OC)c(NC(=O)Nc2cccnc2Cl)c1. The van der Waals surface area contributed by atoms with Gasteiger partial charge in [-0.3, -0.25) is 0 Å². The Balaban J connectivity index is 2.14. The van der Waals surface area contributed by atoms with Crippen LogP contribution in [-0.2, 0) is 0 Å². The van der Waals surface area contributed by atoms with Gasteiger partial charge < -0.3 is 20.1 Å². The fourth-order valence-corrected chi connectivity index (χ4v) is 1.83. The van der Waals surface area contributed by atoms with Crippen molar-refractivity contribution in [1.29, 1.82) is 0 Å². The first-order chi connectivity index (χ1) is 10.1. The first-order valence-corrected chi connectivity index (χ1v) is 6.42. The molecule has 6 nitrogen and oxygen atoms in total. The Bertz CT molecular complexity index is 649. The number of aromatic nitrogens is 1. The van der Waals surface area contributed by atoms with Crippen LogP contribution in [0.2, 0.25) is 5.15 Å². The number of carbonyl (C=O) groups is 1. The summed E-state index contributed by atoms with van der Waals surface area (Å²) < 4.78 is 10.3. The highest BCUT2D eigenvalue weighted by molar-refractivity contribution is 6.32. The number of urea groups is 1. The Morgan fingerprint density at radius 2 is 1.90 bits per heavy atom. The predicted octanol–water partition coefficient (Wildman–Crippen LogP) is 3.40. The van der Waals surface area contributed by atoms with Gasteiger partial charge in [0.2, 0.25) is 0 Å². The van der Waals surface area contributed by atoms with Crippen LogP contribution in [0.15, 0.2) is 36.5 Å². The van der Waals surface area contributed by atoms with Crippen molar-refractivity contribution in [2.45, 2.75) is 0 Å². The van der Waals surface area contributed by atoms with E-state index in [-0.39, 0.29) is 5.15 Å². The molecule has 0 unspecified atom stereocenters. The predicted molar refractivity (Wildman–Crippen MR) is 81.4 cm³/mol. The van der Waals surface area contributed by atoms with E-state index in [0.29, 0.717) is 22.9 Å². The molecule has 2 amide bonds. The van der Waals surface area contributed by atoms with Crippen molar-refractivity contribution in [3.05, 3.63) is 41.7 Å². The molecular formula is C14H14ClN3O3. The van der Waals surface area contributed by atoms with E-state index in [1.165, 1.54) is 13.3 Å². The van der Waals surface area contributed by atoms with Gasteiger partial charge in [0.05, 0.1) is 25.6 Å². The highest BCUT2D eigenvalue weighted by Gasteiger charge is 2.10. The maximum atomic E-state index is 12.0. The largest absolute Gasteiger partial charge is 0.497 e. The second-order valence-corrected chi connectivity index (χ2v) is 4.35. The van der Waals surface area contributed by atoms with Crippen LogP contribution >= 0.6 is 11.6 Å². The normalized spacial score (nSPS) is 9.86. The van der Waals surface area contributed by atoms with E-state index in [0.717, 1.165) is 0 Å². The summed E-state index contributed by atoms with van der Waals surface area (Å²) in [4.78, 5) is 15.9. The van der Waals surface area contributed by atoms with Gasteiger partial charge in [-0.15, -0.1) is 0 Å². The van der Waals surface area contributed by atoms with Crippen LogP contribution in [0.1, 0.15) is 0 Å². The van der Waals surface area contributed by atoms with Crippen molar-refractivity contribution in [1.82, 2.24) is 4.98 Å². The molecule has 7 heteroatoms. The monoisotopic (exact) mass is 307 g/mol. The van der Waals surface area contributed by atoms with Crippen LogP contribution in [0, 0.1) is 0 Å². The molecule has 0 aliphatic heterocycles. The van der Waals surface area contributed by atoms with Gasteiger partial charge in [-0.05, 0) is 24.3 Å². The van der Waals surface area contributed by atoms with E-state index < -0.39 is 6.03 Å². The van der Waals surface area contributed by atoms with Gasteiger partial charge in [0.15, 0.2) is 5.15 Å². The lowest BCUT2D eigenvalue weighted by Gasteiger charge is -2.12. The molecule has 0 aliphatic carbocycles. The molecule has 0 aliphatic rings. The molecule has 2 rings (SSSR count). The Kier molecular flexibility index (Phi) is 4.84. The number of nitrogens with zero attached hydrogens (tertiary/aromatic N) is 1. The second-order valence-electron chi connectivity index (χ2n) is 3.99. The minimum atomic E-state index is -0.462. The summed E-state index contributed by atoms with van der Waals surface area (Å²) in [5, 5.41) is 5.49. The standard InChI is InChI=1S/C14H14ClN3O3/c1-20-9-5-6-12(21-2)11(8-9)18-14(19)17-10-4-3-7-16-13(10)15/h3-8H,1-2H3,(H2,17,18,19). The molecule has 0 spiro atoms. The summed E-state index contributed by atoms with van der Waals surface area (Å²) in [6.45, 7) is 0. The fourth-order valence-electron chi connectivity index (χ4n) is 1.67. The van der Waals surface area contributed by atoms with Crippen LogP contribution in [-0.4, -0.2) is 25.2 Å². The Morgan fingerprint density at radius 1 is 1.14 bits per heavy atom. The molecule has 0 radical (unpaired) electrons. The fraction of sp³-hybridized carbons (Fsp3) is 0.143. The summed E-state index contributed by atoms with van der Waals surface area (Å²) in [7, 11) is 3.06. The molecule has 0 bridgehead atoms. The smallest absolute Gasteiger partial charge is 0.323 e. The van der Waals surface area contributed by atoms with Crippen molar-refractivity contribution in [3.63, 3.8) is 0 Å². The third-order valence-corrected chi connectivity index (χ3v) is 2.96. The molecule has 21 heavy (non-hydrogen) atoms. The van der Waals surface area contributed by atoms with Crippen molar-refractivity contribution in [2.75, 3.05) is 24.9 Å². The summed E-state index contributed by atoms with van der Waals surface area (Å²) in [6, 6.07) is 7.96. The number of hydrogen-bond donors (Lipinski definition) is 2. The summed E-state index contributed by atoms with van der Waals surface area (Å²) in [5.74, 6) is 1.12. The van der Waals surface area contributed by atoms with Crippen molar-refractivity contribution < 1.29 is 14.3 Å². The lowest BCUT2D eigenvalue weighted by Crippen LogP contribution is -2.20. The van der Waals surface area contributed by atoms with Crippen molar-refractivity contribution >= 4 is 29.0 Å². The number of methoxy groups -OCH3 is 2. The Morgan fingerprint density at radius 3 is 2.57 bits per heavy atom. The highest BCUT2D eigenvalue weighted by atomic mass is 35.5. The number of carbonyl (C=O) groups excluding carboxylic acids is 1. The molecule has 2 aromatic rings. The maximum Gasteiger partial charge on any atom is 0.323 e. The van der Waals surface area contributed by atoms with Gasteiger partial charge in [0.1, 0.15) is 11.5 Å². The molecule has 0 atom stereocenters. The first-order valence-electron chi connectivity index (χ1n) is 6.04. The molecule has 2 N–H and O–H groups in total. The van der Waals surface area contributed by atoms with Gasteiger partial charge in [0, 0.05) is 12.3 Å². The number of ether oxygens (including phenoxy) is 2. The second kappa shape index (κ2) is 6.81. The number of benzene rings is 1. The van der Waals surface area contributed by atoms with Crippen LogP contribution in [0.3, 0.4) is 0 Å². The molecule has 0 fully saturated rings. The van der Waals surface area contributed by atoms with Gasteiger partial charge >= 0.3 is 6.03 Å².